The number of rotatable bonds is 5. The molecule has 0 saturated carbocycles. The first kappa shape index (κ1) is 21.5. The van der Waals surface area contributed by atoms with E-state index in [0.29, 0.717) is 23.5 Å². The first-order valence-corrected chi connectivity index (χ1v) is 11.5. The van der Waals surface area contributed by atoms with Crippen LogP contribution in [0.4, 0.5) is 5.95 Å². The Morgan fingerprint density at radius 1 is 1.03 bits per heavy atom. The fourth-order valence-electron chi connectivity index (χ4n) is 4.35. The molecule has 5 rings (SSSR count). The molecule has 1 unspecified atom stereocenters. The molecule has 0 radical (unpaired) electrons. The number of aromatic nitrogens is 5. The largest absolute Gasteiger partial charge is 0.341 e. The maximum atomic E-state index is 5.49. The normalized spacial score (nSPS) is 15.8. The molecule has 3 aromatic heterocycles. The Morgan fingerprint density at radius 2 is 1.82 bits per heavy atom. The van der Waals surface area contributed by atoms with Gasteiger partial charge in [-0.05, 0) is 75.9 Å². The van der Waals surface area contributed by atoms with E-state index in [9.17, 15) is 0 Å². The molecule has 0 amide bonds. The fourth-order valence-corrected chi connectivity index (χ4v) is 4.35. The highest BCUT2D eigenvalue weighted by Gasteiger charge is 2.25. The van der Waals surface area contributed by atoms with Crippen LogP contribution in [-0.2, 0) is 0 Å². The summed E-state index contributed by atoms with van der Waals surface area (Å²) in [5.41, 5.74) is 5.30. The summed E-state index contributed by atoms with van der Waals surface area (Å²) in [5, 5.41) is 8.86. The number of anilines is 1. The third kappa shape index (κ3) is 4.43. The van der Waals surface area contributed by atoms with Gasteiger partial charge < -0.3 is 14.7 Å². The molecular weight excluding hydrogens is 414 g/mol. The standard InChI is InChI=1S/C25H29N7O/c1-15-13-20-17(3)28-25(29-22(20)14-16(15)2)32-11-8-19(9-12-32)27-18(4)24-30-23(31-33-24)21-7-5-6-10-26-21/h5-7,10,13-14,18-19,27H,8-9,11-12H2,1-4H3. The van der Waals surface area contributed by atoms with Crippen molar-refractivity contribution in [1.29, 1.82) is 0 Å². The van der Waals surface area contributed by atoms with Crippen molar-refractivity contribution < 1.29 is 4.52 Å². The Bertz CT molecular complexity index is 1260. The number of aryl methyl sites for hydroxylation is 3. The number of benzene rings is 1. The predicted octanol–water partition coefficient (Wildman–Crippen LogP) is 4.32. The van der Waals surface area contributed by atoms with Gasteiger partial charge in [-0.3, -0.25) is 4.98 Å². The summed E-state index contributed by atoms with van der Waals surface area (Å²) < 4.78 is 5.49. The molecule has 1 fully saturated rings. The summed E-state index contributed by atoms with van der Waals surface area (Å²) in [7, 11) is 0. The van der Waals surface area contributed by atoms with Gasteiger partial charge in [-0.15, -0.1) is 0 Å². The van der Waals surface area contributed by atoms with Gasteiger partial charge in [-0.1, -0.05) is 11.2 Å². The number of piperidine rings is 1. The van der Waals surface area contributed by atoms with Crippen molar-refractivity contribution in [3.63, 3.8) is 0 Å². The number of nitrogens with zero attached hydrogens (tertiary/aromatic N) is 6. The summed E-state index contributed by atoms with van der Waals surface area (Å²) in [5.74, 6) is 1.92. The monoisotopic (exact) mass is 443 g/mol. The van der Waals surface area contributed by atoms with Gasteiger partial charge in [0.25, 0.3) is 0 Å². The van der Waals surface area contributed by atoms with Crippen LogP contribution in [0.1, 0.15) is 48.5 Å². The molecule has 0 aliphatic carbocycles. The van der Waals surface area contributed by atoms with Crippen molar-refractivity contribution in [2.45, 2.75) is 52.6 Å². The van der Waals surface area contributed by atoms with Gasteiger partial charge in [-0.25, -0.2) is 9.97 Å². The smallest absolute Gasteiger partial charge is 0.243 e. The molecule has 1 atom stereocenters. The van der Waals surface area contributed by atoms with Crippen LogP contribution in [0.15, 0.2) is 41.1 Å². The summed E-state index contributed by atoms with van der Waals surface area (Å²) in [6, 6.07) is 10.4. The Hall–Kier alpha value is -3.39. The topological polar surface area (TPSA) is 92.9 Å². The van der Waals surface area contributed by atoms with Crippen molar-refractivity contribution in [2.24, 2.45) is 0 Å². The molecule has 8 heteroatoms. The van der Waals surface area contributed by atoms with Crippen LogP contribution in [0.2, 0.25) is 0 Å². The molecule has 33 heavy (non-hydrogen) atoms. The molecule has 0 spiro atoms. The van der Waals surface area contributed by atoms with Crippen LogP contribution in [0.5, 0.6) is 0 Å². The number of fused-ring (bicyclic) bond motifs is 1. The molecule has 1 N–H and O–H groups in total. The third-order valence-electron chi connectivity index (χ3n) is 6.46. The quantitative estimate of drug-likeness (QED) is 0.487. The van der Waals surface area contributed by atoms with E-state index >= 15 is 0 Å². The lowest BCUT2D eigenvalue weighted by molar-refractivity contribution is 0.305. The third-order valence-corrected chi connectivity index (χ3v) is 6.46. The molecule has 1 aromatic carbocycles. The predicted molar refractivity (Wildman–Crippen MR) is 128 cm³/mol. The van der Waals surface area contributed by atoms with Gasteiger partial charge in [0.2, 0.25) is 17.7 Å². The Balaban J connectivity index is 1.22. The van der Waals surface area contributed by atoms with Crippen LogP contribution in [0.25, 0.3) is 22.4 Å². The highest BCUT2D eigenvalue weighted by Crippen LogP contribution is 2.25. The molecule has 170 valence electrons. The van der Waals surface area contributed by atoms with Gasteiger partial charge in [0.15, 0.2) is 0 Å². The summed E-state index contributed by atoms with van der Waals surface area (Å²) >= 11 is 0. The highest BCUT2D eigenvalue weighted by atomic mass is 16.5. The van der Waals surface area contributed by atoms with Crippen molar-refractivity contribution >= 4 is 16.9 Å². The first-order chi connectivity index (χ1) is 16.0. The Kier molecular flexibility index (Phi) is 5.76. The van der Waals surface area contributed by atoms with Gasteiger partial charge in [0.05, 0.1) is 17.3 Å². The lowest BCUT2D eigenvalue weighted by atomic mass is 10.0. The van der Waals surface area contributed by atoms with E-state index in [2.05, 4.69) is 65.2 Å². The van der Waals surface area contributed by atoms with Gasteiger partial charge in [-0.2, -0.15) is 4.98 Å². The van der Waals surface area contributed by atoms with Crippen LogP contribution < -0.4 is 10.2 Å². The lowest BCUT2D eigenvalue weighted by Gasteiger charge is -2.33. The summed E-state index contributed by atoms with van der Waals surface area (Å²) in [6.07, 6.45) is 3.72. The van der Waals surface area contributed by atoms with Gasteiger partial charge >= 0.3 is 0 Å². The Morgan fingerprint density at radius 3 is 2.58 bits per heavy atom. The second kappa shape index (κ2) is 8.86. The maximum absolute atomic E-state index is 5.49. The first-order valence-electron chi connectivity index (χ1n) is 11.5. The van der Waals surface area contributed by atoms with E-state index in [4.69, 9.17) is 14.5 Å². The highest BCUT2D eigenvalue weighted by molar-refractivity contribution is 5.83. The summed E-state index contributed by atoms with van der Waals surface area (Å²) in [4.78, 5) is 20.8. The number of pyridine rings is 1. The molecule has 8 nitrogen and oxygen atoms in total. The number of hydrogen-bond acceptors (Lipinski definition) is 8. The zero-order valence-corrected chi connectivity index (χ0v) is 19.5. The van der Waals surface area contributed by atoms with Crippen LogP contribution in [0, 0.1) is 20.8 Å². The minimum atomic E-state index is -0.0307. The van der Waals surface area contributed by atoms with E-state index in [1.807, 2.05) is 18.2 Å². The van der Waals surface area contributed by atoms with E-state index in [0.717, 1.165) is 48.5 Å². The van der Waals surface area contributed by atoms with Crippen molar-refractivity contribution in [3.8, 4) is 11.5 Å². The lowest BCUT2D eigenvalue weighted by Crippen LogP contribution is -2.44. The molecular formula is C25H29N7O. The molecule has 1 aliphatic rings. The molecule has 4 aromatic rings. The Labute approximate surface area is 193 Å². The second-order valence-electron chi connectivity index (χ2n) is 8.88. The van der Waals surface area contributed by atoms with Gasteiger partial charge in [0.1, 0.15) is 5.69 Å². The average molecular weight is 444 g/mol. The maximum Gasteiger partial charge on any atom is 0.243 e. The van der Waals surface area contributed by atoms with Crippen molar-refractivity contribution in [2.75, 3.05) is 18.0 Å². The van der Waals surface area contributed by atoms with Crippen molar-refractivity contribution in [3.05, 3.63) is 59.2 Å². The van der Waals surface area contributed by atoms with Crippen molar-refractivity contribution in [1.82, 2.24) is 30.4 Å². The van der Waals surface area contributed by atoms with Crippen LogP contribution in [-0.4, -0.2) is 44.2 Å². The molecule has 0 bridgehead atoms. The average Bonchev–Trinajstić information content (AvgIpc) is 3.32. The van der Waals surface area contributed by atoms with E-state index < -0.39 is 0 Å². The number of nitrogens with one attached hydrogen (secondary N) is 1. The zero-order chi connectivity index (χ0) is 22.9. The molecule has 4 heterocycles. The van der Waals surface area contributed by atoms with Crippen LogP contribution in [0.3, 0.4) is 0 Å². The van der Waals surface area contributed by atoms with Gasteiger partial charge in [0, 0.05) is 30.7 Å². The van der Waals surface area contributed by atoms with E-state index in [-0.39, 0.29) is 6.04 Å². The van der Waals surface area contributed by atoms with E-state index in [1.54, 1.807) is 6.20 Å². The van der Waals surface area contributed by atoms with E-state index in [1.165, 1.54) is 11.1 Å². The summed E-state index contributed by atoms with van der Waals surface area (Å²) in [6.45, 7) is 10.2. The zero-order valence-electron chi connectivity index (χ0n) is 19.5. The minimum Gasteiger partial charge on any atom is -0.341 e. The SMILES string of the molecule is Cc1cc2nc(N3CCC(NC(C)c4nc(-c5ccccn5)no4)CC3)nc(C)c2cc1C. The minimum absolute atomic E-state index is 0.0307. The number of hydrogen-bond donors (Lipinski definition) is 1. The molecule has 1 saturated heterocycles. The fraction of sp³-hybridized carbons (Fsp3) is 0.400. The second-order valence-corrected chi connectivity index (χ2v) is 8.88. The molecule has 1 aliphatic heterocycles. The van der Waals surface area contributed by atoms with Crippen LogP contribution >= 0.6 is 0 Å².